The largest absolute Gasteiger partial charge is 0.397 e. The van der Waals surface area contributed by atoms with Crippen molar-refractivity contribution in [3.8, 4) is 0 Å². The molecule has 0 fully saturated rings. The van der Waals surface area contributed by atoms with Gasteiger partial charge >= 0.3 is 0 Å². The summed E-state index contributed by atoms with van der Waals surface area (Å²) in [7, 11) is 0. The zero-order valence-corrected chi connectivity index (χ0v) is 10.6. The molecule has 2 aromatic rings. The number of hydrogen-bond donors (Lipinski definition) is 2. The predicted octanol–water partition coefficient (Wildman–Crippen LogP) is 3.89. The number of para-hydroxylation sites is 1. The van der Waals surface area contributed by atoms with E-state index < -0.39 is 0 Å². The normalized spacial score (nSPS) is 12.2. The van der Waals surface area contributed by atoms with Crippen LogP contribution in [-0.2, 0) is 0 Å². The Balaban J connectivity index is 2.24. The molecule has 0 bridgehead atoms. The minimum atomic E-state index is -0.205. The van der Waals surface area contributed by atoms with Crippen LogP contribution in [0.5, 0.6) is 0 Å². The number of anilines is 2. The number of halogens is 1. The van der Waals surface area contributed by atoms with Gasteiger partial charge in [0.1, 0.15) is 5.82 Å². The zero-order valence-electron chi connectivity index (χ0n) is 10.6. The lowest BCUT2D eigenvalue weighted by Crippen LogP contribution is -2.10. The van der Waals surface area contributed by atoms with Crippen molar-refractivity contribution in [2.24, 2.45) is 0 Å². The molecule has 2 nitrogen and oxygen atoms in total. The van der Waals surface area contributed by atoms with Gasteiger partial charge in [-0.05, 0) is 31.5 Å². The Morgan fingerprint density at radius 3 is 2.56 bits per heavy atom. The highest BCUT2D eigenvalue weighted by atomic mass is 19.1. The van der Waals surface area contributed by atoms with Gasteiger partial charge in [0.25, 0.3) is 0 Å². The van der Waals surface area contributed by atoms with E-state index in [0.29, 0.717) is 11.3 Å². The Labute approximate surface area is 107 Å². The number of nitrogens with one attached hydrogen (secondary N) is 1. The van der Waals surface area contributed by atoms with Gasteiger partial charge in [0.15, 0.2) is 0 Å². The SMILES string of the molecule is Cc1cccc(NC(C)c2ccccc2F)c1N. The average Bonchev–Trinajstić information content (AvgIpc) is 2.35. The van der Waals surface area contributed by atoms with E-state index in [-0.39, 0.29) is 11.9 Å². The molecule has 0 heterocycles. The molecule has 3 N–H and O–H groups in total. The van der Waals surface area contributed by atoms with Gasteiger partial charge in [-0.15, -0.1) is 0 Å². The first-order valence-electron chi connectivity index (χ1n) is 5.95. The maximum Gasteiger partial charge on any atom is 0.128 e. The van der Waals surface area contributed by atoms with Crippen LogP contribution in [0.2, 0.25) is 0 Å². The molecule has 94 valence electrons. The Morgan fingerprint density at radius 1 is 1.11 bits per heavy atom. The van der Waals surface area contributed by atoms with E-state index >= 15 is 0 Å². The van der Waals surface area contributed by atoms with Gasteiger partial charge in [-0.1, -0.05) is 30.3 Å². The summed E-state index contributed by atoms with van der Waals surface area (Å²) in [6.45, 7) is 3.87. The van der Waals surface area contributed by atoms with Crippen LogP contribution in [0.25, 0.3) is 0 Å². The second-order valence-corrected chi connectivity index (χ2v) is 4.42. The van der Waals surface area contributed by atoms with Gasteiger partial charge in [-0.2, -0.15) is 0 Å². The van der Waals surface area contributed by atoms with Crippen molar-refractivity contribution >= 4 is 11.4 Å². The first-order chi connectivity index (χ1) is 8.59. The molecule has 0 aliphatic heterocycles. The second kappa shape index (κ2) is 5.08. The molecule has 0 radical (unpaired) electrons. The molecular formula is C15H17FN2. The molecule has 2 aromatic carbocycles. The summed E-state index contributed by atoms with van der Waals surface area (Å²) in [4.78, 5) is 0. The highest BCUT2D eigenvalue weighted by Crippen LogP contribution is 2.27. The minimum Gasteiger partial charge on any atom is -0.397 e. The fourth-order valence-corrected chi connectivity index (χ4v) is 1.94. The van der Waals surface area contributed by atoms with Crippen LogP contribution in [0.3, 0.4) is 0 Å². The smallest absolute Gasteiger partial charge is 0.128 e. The van der Waals surface area contributed by atoms with E-state index in [4.69, 9.17) is 5.73 Å². The Hall–Kier alpha value is -2.03. The number of nitrogen functional groups attached to an aromatic ring is 1. The third kappa shape index (κ3) is 2.45. The number of nitrogens with two attached hydrogens (primary N) is 1. The van der Waals surface area contributed by atoms with E-state index in [9.17, 15) is 4.39 Å². The summed E-state index contributed by atoms with van der Waals surface area (Å²) in [5, 5.41) is 3.24. The quantitative estimate of drug-likeness (QED) is 0.804. The molecule has 0 aromatic heterocycles. The van der Waals surface area contributed by atoms with Crippen molar-refractivity contribution < 1.29 is 4.39 Å². The van der Waals surface area contributed by atoms with Gasteiger partial charge in [0.2, 0.25) is 0 Å². The molecule has 0 saturated heterocycles. The fourth-order valence-electron chi connectivity index (χ4n) is 1.94. The molecule has 0 amide bonds. The van der Waals surface area contributed by atoms with Crippen molar-refractivity contribution in [3.63, 3.8) is 0 Å². The second-order valence-electron chi connectivity index (χ2n) is 4.42. The summed E-state index contributed by atoms with van der Waals surface area (Å²) < 4.78 is 13.7. The maximum atomic E-state index is 13.7. The van der Waals surface area contributed by atoms with Crippen molar-refractivity contribution in [2.75, 3.05) is 11.1 Å². The molecule has 1 unspecified atom stereocenters. The van der Waals surface area contributed by atoms with Crippen LogP contribution in [0, 0.1) is 12.7 Å². The van der Waals surface area contributed by atoms with Crippen LogP contribution in [-0.4, -0.2) is 0 Å². The fraction of sp³-hybridized carbons (Fsp3) is 0.200. The van der Waals surface area contributed by atoms with Crippen molar-refractivity contribution in [2.45, 2.75) is 19.9 Å². The van der Waals surface area contributed by atoms with E-state index in [1.807, 2.05) is 38.1 Å². The average molecular weight is 244 g/mol. The summed E-state index contributed by atoms with van der Waals surface area (Å²) in [5.41, 5.74) is 9.19. The van der Waals surface area contributed by atoms with Crippen LogP contribution in [0.4, 0.5) is 15.8 Å². The summed E-state index contributed by atoms with van der Waals surface area (Å²) in [6.07, 6.45) is 0. The monoisotopic (exact) mass is 244 g/mol. The molecule has 0 aliphatic rings. The van der Waals surface area contributed by atoms with Gasteiger partial charge in [0.05, 0.1) is 17.4 Å². The summed E-state index contributed by atoms with van der Waals surface area (Å²) in [6, 6.07) is 12.4. The maximum absolute atomic E-state index is 13.7. The number of aryl methyl sites for hydroxylation is 1. The molecule has 2 rings (SSSR count). The first kappa shape index (κ1) is 12.4. The van der Waals surface area contributed by atoms with E-state index in [2.05, 4.69) is 5.32 Å². The van der Waals surface area contributed by atoms with Crippen molar-refractivity contribution in [1.29, 1.82) is 0 Å². The van der Waals surface area contributed by atoms with E-state index in [0.717, 1.165) is 11.3 Å². The number of benzene rings is 2. The molecular weight excluding hydrogens is 227 g/mol. The molecule has 18 heavy (non-hydrogen) atoms. The summed E-state index contributed by atoms with van der Waals surface area (Å²) >= 11 is 0. The molecule has 1 atom stereocenters. The van der Waals surface area contributed by atoms with Crippen molar-refractivity contribution in [1.82, 2.24) is 0 Å². The van der Waals surface area contributed by atoms with Crippen LogP contribution >= 0.6 is 0 Å². The Bertz CT molecular complexity index is 552. The van der Waals surface area contributed by atoms with Crippen LogP contribution < -0.4 is 11.1 Å². The highest BCUT2D eigenvalue weighted by molar-refractivity contribution is 5.70. The van der Waals surface area contributed by atoms with E-state index in [1.54, 1.807) is 12.1 Å². The van der Waals surface area contributed by atoms with Gasteiger partial charge in [0, 0.05) is 5.56 Å². The zero-order chi connectivity index (χ0) is 13.1. The lowest BCUT2D eigenvalue weighted by atomic mass is 10.1. The molecule has 0 spiro atoms. The molecule has 3 heteroatoms. The number of hydrogen-bond acceptors (Lipinski definition) is 2. The Morgan fingerprint density at radius 2 is 1.83 bits per heavy atom. The lowest BCUT2D eigenvalue weighted by Gasteiger charge is -2.18. The Kier molecular flexibility index (Phi) is 3.51. The van der Waals surface area contributed by atoms with Crippen molar-refractivity contribution in [3.05, 3.63) is 59.4 Å². The third-order valence-electron chi connectivity index (χ3n) is 3.07. The molecule has 0 aliphatic carbocycles. The van der Waals surface area contributed by atoms with Crippen LogP contribution in [0.15, 0.2) is 42.5 Å². The van der Waals surface area contributed by atoms with Crippen LogP contribution in [0.1, 0.15) is 24.1 Å². The number of rotatable bonds is 3. The van der Waals surface area contributed by atoms with E-state index in [1.165, 1.54) is 6.07 Å². The summed E-state index contributed by atoms with van der Waals surface area (Å²) in [5.74, 6) is -0.205. The third-order valence-corrected chi connectivity index (χ3v) is 3.07. The highest BCUT2D eigenvalue weighted by Gasteiger charge is 2.11. The lowest BCUT2D eigenvalue weighted by molar-refractivity contribution is 0.600. The first-order valence-corrected chi connectivity index (χ1v) is 5.95. The topological polar surface area (TPSA) is 38.0 Å². The van der Waals surface area contributed by atoms with Gasteiger partial charge < -0.3 is 11.1 Å². The van der Waals surface area contributed by atoms with Gasteiger partial charge in [-0.25, -0.2) is 4.39 Å². The standard InChI is InChI=1S/C15H17FN2/c1-10-6-5-9-14(15(10)17)18-11(2)12-7-3-4-8-13(12)16/h3-9,11,18H,17H2,1-2H3. The molecule has 0 saturated carbocycles. The predicted molar refractivity (Wildman–Crippen MR) is 74.0 cm³/mol. The minimum absolute atomic E-state index is 0.129. The van der Waals surface area contributed by atoms with Gasteiger partial charge in [-0.3, -0.25) is 0 Å².